The Morgan fingerprint density at radius 3 is 2.73 bits per heavy atom. The van der Waals surface area contributed by atoms with Crippen molar-refractivity contribution in [2.75, 3.05) is 20.7 Å². The second kappa shape index (κ2) is 6.21. The summed E-state index contributed by atoms with van der Waals surface area (Å²) in [6, 6.07) is -0.0909. The van der Waals surface area contributed by atoms with Gasteiger partial charge in [0.15, 0.2) is 0 Å². The minimum absolute atomic E-state index is 0.0454. The lowest BCUT2D eigenvalue weighted by Gasteiger charge is -2.39. The molecular weight excluding hydrogens is 286 g/mol. The lowest BCUT2D eigenvalue weighted by atomic mass is 9.96. The van der Waals surface area contributed by atoms with Crippen LogP contribution in [0.2, 0.25) is 0 Å². The van der Waals surface area contributed by atoms with Crippen molar-refractivity contribution in [3.8, 4) is 0 Å². The molecule has 2 aliphatic heterocycles. The van der Waals surface area contributed by atoms with Gasteiger partial charge in [-0.15, -0.1) is 0 Å². The second-order valence-electron chi connectivity index (χ2n) is 5.51. The van der Waals surface area contributed by atoms with Crippen molar-refractivity contribution in [3.63, 3.8) is 0 Å². The Hall–Kier alpha value is -2.31. The molecule has 0 radical (unpaired) electrons. The van der Waals surface area contributed by atoms with Crippen LogP contribution in [0.25, 0.3) is 0 Å². The van der Waals surface area contributed by atoms with E-state index in [2.05, 4.69) is 5.32 Å². The van der Waals surface area contributed by atoms with Crippen molar-refractivity contribution in [2.24, 2.45) is 0 Å². The Bertz CT molecular complexity index is 577. The molecule has 2 amide bonds. The van der Waals surface area contributed by atoms with Crippen molar-refractivity contribution < 1.29 is 19.1 Å². The maximum atomic E-state index is 12.6. The number of ether oxygens (including phenoxy) is 1. The Morgan fingerprint density at radius 2 is 2.14 bits per heavy atom. The van der Waals surface area contributed by atoms with Gasteiger partial charge >= 0.3 is 5.97 Å². The molecular formula is C15H21N3O4. The zero-order valence-corrected chi connectivity index (χ0v) is 13.3. The number of carbonyl (C=O) groups is 3. The summed E-state index contributed by atoms with van der Waals surface area (Å²) in [5.41, 5.74) is 0.506. The van der Waals surface area contributed by atoms with Crippen LogP contribution < -0.4 is 5.32 Å². The van der Waals surface area contributed by atoms with Gasteiger partial charge in [-0.1, -0.05) is 0 Å². The van der Waals surface area contributed by atoms with Crippen LogP contribution in [-0.4, -0.2) is 54.3 Å². The normalized spacial score (nSPS) is 20.9. The van der Waals surface area contributed by atoms with Gasteiger partial charge in [0, 0.05) is 26.3 Å². The van der Waals surface area contributed by atoms with Gasteiger partial charge in [0.25, 0.3) is 11.8 Å². The highest BCUT2D eigenvalue weighted by atomic mass is 16.5. The molecule has 1 unspecified atom stereocenters. The molecule has 7 nitrogen and oxygen atoms in total. The lowest BCUT2D eigenvalue weighted by molar-refractivity contribution is -0.142. The van der Waals surface area contributed by atoms with Gasteiger partial charge in [0.1, 0.15) is 11.4 Å². The first-order valence-electron chi connectivity index (χ1n) is 7.30. The molecule has 0 fully saturated rings. The summed E-state index contributed by atoms with van der Waals surface area (Å²) in [6.45, 7) is 3.78. The summed E-state index contributed by atoms with van der Waals surface area (Å²) in [6.07, 6.45) is 2.59. The summed E-state index contributed by atoms with van der Waals surface area (Å²) in [5.74, 6) is -0.753. The SMILES string of the molecule is CCOC(=O)C1=CNC2=C(C(=O)N(C)C)CCC(C)N2C1=O. The second-order valence-corrected chi connectivity index (χ2v) is 5.51. The first kappa shape index (κ1) is 16.1. The number of esters is 1. The quantitative estimate of drug-likeness (QED) is 0.601. The summed E-state index contributed by atoms with van der Waals surface area (Å²) < 4.78 is 4.89. The number of fused-ring (bicyclic) bond motifs is 1. The minimum atomic E-state index is -0.655. The van der Waals surface area contributed by atoms with E-state index in [0.29, 0.717) is 24.2 Å². The van der Waals surface area contributed by atoms with E-state index >= 15 is 0 Å². The van der Waals surface area contributed by atoms with E-state index in [-0.39, 0.29) is 24.1 Å². The molecule has 1 N–H and O–H groups in total. The third-order valence-corrected chi connectivity index (χ3v) is 3.74. The van der Waals surface area contributed by atoms with Crippen LogP contribution in [0.3, 0.4) is 0 Å². The largest absolute Gasteiger partial charge is 0.462 e. The zero-order valence-electron chi connectivity index (χ0n) is 13.3. The van der Waals surface area contributed by atoms with Crippen LogP contribution in [-0.2, 0) is 19.1 Å². The van der Waals surface area contributed by atoms with Gasteiger partial charge in [-0.2, -0.15) is 0 Å². The predicted molar refractivity (Wildman–Crippen MR) is 79.1 cm³/mol. The van der Waals surface area contributed by atoms with E-state index in [1.165, 1.54) is 16.0 Å². The summed E-state index contributed by atoms with van der Waals surface area (Å²) in [7, 11) is 3.34. The molecule has 0 aromatic heterocycles. The van der Waals surface area contributed by atoms with E-state index in [4.69, 9.17) is 4.74 Å². The average Bonchev–Trinajstić information content (AvgIpc) is 2.47. The Kier molecular flexibility index (Phi) is 4.54. The fourth-order valence-corrected chi connectivity index (χ4v) is 2.59. The molecule has 120 valence electrons. The van der Waals surface area contributed by atoms with E-state index in [0.717, 1.165) is 0 Å². The van der Waals surface area contributed by atoms with Gasteiger partial charge < -0.3 is 15.0 Å². The fourth-order valence-electron chi connectivity index (χ4n) is 2.59. The third kappa shape index (κ3) is 2.70. The molecule has 0 aromatic rings. The number of hydrogen-bond acceptors (Lipinski definition) is 5. The summed E-state index contributed by atoms with van der Waals surface area (Å²) >= 11 is 0. The van der Waals surface area contributed by atoms with Crippen LogP contribution in [0.15, 0.2) is 23.2 Å². The molecule has 0 bridgehead atoms. The maximum absolute atomic E-state index is 12.6. The van der Waals surface area contributed by atoms with Crippen molar-refractivity contribution in [3.05, 3.63) is 23.2 Å². The molecule has 22 heavy (non-hydrogen) atoms. The number of rotatable bonds is 3. The number of carbonyl (C=O) groups excluding carboxylic acids is 3. The Morgan fingerprint density at radius 1 is 1.45 bits per heavy atom. The van der Waals surface area contributed by atoms with Gasteiger partial charge in [0.2, 0.25) is 0 Å². The summed E-state index contributed by atoms with van der Waals surface area (Å²) in [4.78, 5) is 39.6. The van der Waals surface area contributed by atoms with Gasteiger partial charge in [0.05, 0.1) is 12.2 Å². The third-order valence-electron chi connectivity index (χ3n) is 3.74. The van der Waals surface area contributed by atoms with Crippen molar-refractivity contribution in [2.45, 2.75) is 32.7 Å². The van der Waals surface area contributed by atoms with Crippen LogP contribution in [0.5, 0.6) is 0 Å². The molecule has 2 aliphatic rings. The summed E-state index contributed by atoms with van der Waals surface area (Å²) in [5, 5.41) is 2.93. The molecule has 2 heterocycles. The van der Waals surface area contributed by atoms with Gasteiger partial charge in [-0.25, -0.2) is 4.79 Å². The molecule has 7 heteroatoms. The molecule has 0 spiro atoms. The van der Waals surface area contributed by atoms with Gasteiger partial charge in [-0.05, 0) is 26.7 Å². The Labute approximate surface area is 129 Å². The van der Waals surface area contributed by atoms with E-state index < -0.39 is 11.9 Å². The van der Waals surface area contributed by atoms with Crippen molar-refractivity contribution in [1.82, 2.24) is 15.1 Å². The molecule has 1 atom stereocenters. The van der Waals surface area contributed by atoms with E-state index in [9.17, 15) is 14.4 Å². The average molecular weight is 307 g/mol. The molecule has 0 aromatic carbocycles. The van der Waals surface area contributed by atoms with Crippen molar-refractivity contribution >= 4 is 17.8 Å². The van der Waals surface area contributed by atoms with Crippen LogP contribution in [0, 0.1) is 0 Å². The topological polar surface area (TPSA) is 79.0 Å². The molecule has 2 rings (SSSR count). The minimum Gasteiger partial charge on any atom is -0.462 e. The highest BCUT2D eigenvalue weighted by molar-refractivity contribution is 6.17. The molecule has 0 aliphatic carbocycles. The number of hydrogen-bond donors (Lipinski definition) is 1. The smallest absolute Gasteiger partial charge is 0.345 e. The number of nitrogens with zero attached hydrogens (tertiary/aromatic N) is 2. The number of amides is 2. The first-order chi connectivity index (χ1) is 10.4. The van der Waals surface area contributed by atoms with Crippen LogP contribution >= 0.6 is 0 Å². The molecule has 0 saturated heterocycles. The fraction of sp³-hybridized carbons (Fsp3) is 0.533. The molecule has 0 saturated carbocycles. The standard InChI is InChI=1S/C15H21N3O4/c1-5-22-15(21)11-8-16-12-10(13(19)17(3)4)7-6-9(2)18(12)14(11)20/h8-9,16H,5-7H2,1-4H3. The number of likely N-dealkylation sites (N-methyl/N-ethyl adjacent to an activating group) is 1. The van der Waals surface area contributed by atoms with E-state index in [1.807, 2.05) is 6.92 Å². The predicted octanol–water partition coefficient (Wildman–Crippen LogP) is 0.347. The number of nitrogens with one attached hydrogen (secondary N) is 1. The monoisotopic (exact) mass is 307 g/mol. The van der Waals surface area contributed by atoms with Crippen LogP contribution in [0.1, 0.15) is 26.7 Å². The zero-order chi connectivity index (χ0) is 16.4. The maximum Gasteiger partial charge on any atom is 0.345 e. The highest BCUT2D eigenvalue weighted by Crippen LogP contribution is 2.30. The lowest BCUT2D eigenvalue weighted by Crippen LogP contribution is -2.50. The van der Waals surface area contributed by atoms with Gasteiger partial charge in [-0.3, -0.25) is 14.5 Å². The highest BCUT2D eigenvalue weighted by Gasteiger charge is 2.39. The van der Waals surface area contributed by atoms with Crippen LogP contribution in [0.4, 0.5) is 0 Å². The van der Waals surface area contributed by atoms with E-state index in [1.54, 1.807) is 21.0 Å². The van der Waals surface area contributed by atoms with Crippen molar-refractivity contribution in [1.29, 1.82) is 0 Å². The Balaban J connectivity index is 2.42. The first-order valence-corrected chi connectivity index (χ1v) is 7.30.